The number of fused-ring (bicyclic) bond motifs is 1. The topological polar surface area (TPSA) is 77.1 Å². The minimum Gasteiger partial charge on any atom is -0.362 e. The van der Waals surface area contributed by atoms with Crippen molar-refractivity contribution in [3.63, 3.8) is 0 Å². The van der Waals surface area contributed by atoms with Crippen molar-refractivity contribution in [1.29, 1.82) is 0 Å². The Balaban J connectivity index is 1.37. The number of aryl methyl sites for hydroxylation is 1. The van der Waals surface area contributed by atoms with E-state index in [0.717, 1.165) is 16.9 Å². The van der Waals surface area contributed by atoms with E-state index >= 15 is 0 Å². The summed E-state index contributed by atoms with van der Waals surface area (Å²) >= 11 is 0. The van der Waals surface area contributed by atoms with E-state index in [4.69, 9.17) is 5.10 Å². The molecule has 2 aliphatic rings. The van der Waals surface area contributed by atoms with Crippen LogP contribution in [0, 0.1) is 12.8 Å². The summed E-state index contributed by atoms with van der Waals surface area (Å²) in [6.07, 6.45) is 4.51. The largest absolute Gasteiger partial charge is 0.391 e. The van der Waals surface area contributed by atoms with Gasteiger partial charge in [-0.15, -0.1) is 0 Å². The molecule has 10 heteroatoms. The summed E-state index contributed by atoms with van der Waals surface area (Å²) in [4.78, 5) is 17.4. The number of ketones is 1. The number of nitrogens with zero attached hydrogens (tertiary/aromatic N) is 5. The number of rotatable bonds is 6. The number of allylic oxidation sites excluding steroid dienone is 1. The highest BCUT2D eigenvalue weighted by Gasteiger charge is 2.42. The van der Waals surface area contributed by atoms with Gasteiger partial charge in [-0.1, -0.05) is 23.8 Å². The molecule has 188 valence electrons. The number of hydrogen-bond donors (Lipinski definition) is 1. The number of hydrogen-bond acceptors (Lipinski definition) is 5. The molecule has 1 aliphatic heterocycles. The fourth-order valence-corrected chi connectivity index (χ4v) is 4.74. The monoisotopic (exact) mass is 496 g/mol. The first-order valence-electron chi connectivity index (χ1n) is 12.1. The second-order valence-electron chi connectivity index (χ2n) is 9.33. The molecule has 1 aliphatic carbocycles. The Morgan fingerprint density at radius 2 is 1.89 bits per heavy atom. The molecular weight excluding hydrogens is 469 g/mol. The number of carbonyl (C=O) groups excluding carboxylic acids is 1. The van der Waals surface area contributed by atoms with E-state index in [1.165, 1.54) is 6.20 Å². The molecule has 1 N–H and O–H groups in total. The maximum atomic E-state index is 13.1. The van der Waals surface area contributed by atoms with Crippen molar-refractivity contribution < 1.29 is 18.0 Å². The Bertz CT molecular complexity index is 1290. The van der Waals surface area contributed by atoms with Crippen LogP contribution in [0.3, 0.4) is 0 Å². The van der Waals surface area contributed by atoms with Crippen molar-refractivity contribution in [2.75, 3.05) is 11.9 Å². The number of benzene rings is 1. The summed E-state index contributed by atoms with van der Waals surface area (Å²) in [6, 6.07) is 9.64. The van der Waals surface area contributed by atoms with Crippen LogP contribution in [-0.2, 0) is 0 Å². The molecule has 0 radical (unpaired) electrons. The van der Waals surface area contributed by atoms with Crippen LogP contribution in [-0.4, -0.2) is 44.3 Å². The molecular formula is C26H27F3N6O. The number of anilines is 1. The molecule has 1 fully saturated rings. The van der Waals surface area contributed by atoms with Crippen LogP contribution in [0.15, 0.2) is 47.6 Å². The van der Waals surface area contributed by atoms with Crippen molar-refractivity contribution >= 4 is 29.8 Å². The zero-order chi connectivity index (χ0) is 25.3. The smallest absolute Gasteiger partial charge is 0.362 e. The summed E-state index contributed by atoms with van der Waals surface area (Å²) in [5.74, 6) is -0.370. The fourth-order valence-electron chi connectivity index (χ4n) is 4.74. The Morgan fingerprint density at radius 1 is 1.14 bits per heavy atom. The molecule has 3 aromatic rings. The zero-order valence-corrected chi connectivity index (χ0v) is 19.9. The summed E-state index contributed by atoms with van der Waals surface area (Å²) in [7, 11) is 0. The Hall–Kier alpha value is -3.69. The van der Waals surface area contributed by atoms with Gasteiger partial charge in [-0.05, 0) is 44.7 Å². The molecule has 36 heavy (non-hydrogen) atoms. The molecule has 0 unspecified atom stereocenters. The lowest BCUT2D eigenvalue weighted by Gasteiger charge is -2.28. The Labute approximate surface area is 206 Å². The van der Waals surface area contributed by atoms with Crippen molar-refractivity contribution in [2.24, 2.45) is 10.9 Å². The van der Waals surface area contributed by atoms with E-state index in [1.54, 1.807) is 21.8 Å². The van der Waals surface area contributed by atoms with Crippen molar-refractivity contribution in [3.05, 3.63) is 59.4 Å². The van der Waals surface area contributed by atoms with Gasteiger partial charge in [0.2, 0.25) is 0 Å². The lowest BCUT2D eigenvalue weighted by Crippen LogP contribution is -2.27. The molecule has 3 heterocycles. The first-order valence-corrected chi connectivity index (χ1v) is 12.1. The zero-order valence-electron chi connectivity index (χ0n) is 19.9. The highest BCUT2D eigenvalue weighted by molar-refractivity contribution is 6.03. The number of nitrogens with one attached hydrogen (secondary N) is 1. The maximum absolute atomic E-state index is 13.1. The molecule has 0 saturated heterocycles. The first kappa shape index (κ1) is 24.0. The molecule has 2 aromatic heterocycles. The van der Waals surface area contributed by atoms with Crippen LogP contribution in [0.5, 0.6) is 0 Å². The highest BCUT2D eigenvalue weighted by atomic mass is 19.4. The fraction of sp³-hybridized carbons (Fsp3) is 0.385. The summed E-state index contributed by atoms with van der Waals surface area (Å²) in [6.45, 7) is 1.98. The molecule has 5 rings (SSSR count). The summed E-state index contributed by atoms with van der Waals surface area (Å²) in [5, 5.41) is 12.2. The van der Waals surface area contributed by atoms with Gasteiger partial charge in [0.15, 0.2) is 11.6 Å². The predicted octanol–water partition coefficient (Wildman–Crippen LogP) is 6.08. The molecule has 1 saturated carbocycles. The normalized spacial score (nSPS) is 19.7. The number of Topliss-reactive ketones (excluding diaryl/α,β-unsaturated/α-hetero) is 1. The van der Waals surface area contributed by atoms with Gasteiger partial charge < -0.3 is 5.32 Å². The van der Waals surface area contributed by atoms with E-state index in [2.05, 4.69) is 15.4 Å². The van der Waals surface area contributed by atoms with Gasteiger partial charge in [0, 0.05) is 30.8 Å². The van der Waals surface area contributed by atoms with E-state index in [0.29, 0.717) is 36.5 Å². The number of halogens is 3. The van der Waals surface area contributed by atoms with Gasteiger partial charge in [0.25, 0.3) is 0 Å². The van der Waals surface area contributed by atoms with Gasteiger partial charge in [-0.3, -0.25) is 4.79 Å². The number of aromatic nitrogens is 4. The van der Waals surface area contributed by atoms with Gasteiger partial charge in [-0.25, -0.2) is 14.4 Å². The first-order chi connectivity index (χ1) is 17.3. The molecule has 0 bridgehead atoms. The minimum atomic E-state index is -4.15. The quantitative estimate of drug-likeness (QED) is 0.419. The number of aliphatic imine (C=N–C) groups is 1. The van der Waals surface area contributed by atoms with Gasteiger partial charge in [-0.2, -0.15) is 23.4 Å². The minimum absolute atomic E-state index is 0.00423. The number of carbonyl (C=O) groups is 1. The van der Waals surface area contributed by atoms with E-state index < -0.39 is 12.1 Å². The van der Waals surface area contributed by atoms with Crippen molar-refractivity contribution in [1.82, 2.24) is 19.6 Å². The SMILES string of the molecule is Cc1ccc(-n2nc(C3CCC(C(F)(F)F)CC3)cc2NCC(=O)c2cnn3c2N=CCC=C3)cc1. The third kappa shape index (κ3) is 4.98. The van der Waals surface area contributed by atoms with Crippen LogP contribution in [0.2, 0.25) is 0 Å². The van der Waals surface area contributed by atoms with E-state index in [9.17, 15) is 18.0 Å². The third-order valence-electron chi connectivity index (χ3n) is 6.82. The van der Waals surface area contributed by atoms with Crippen LogP contribution < -0.4 is 5.32 Å². The number of alkyl halides is 3. The molecule has 0 amide bonds. The summed E-state index contributed by atoms with van der Waals surface area (Å²) < 4.78 is 42.7. The average molecular weight is 497 g/mol. The molecule has 0 spiro atoms. The lowest BCUT2D eigenvalue weighted by atomic mass is 9.80. The van der Waals surface area contributed by atoms with Crippen LogP contribution in [0.1, 0.15) is 59.6 Å². The van der Waals surface area contributed by atoms with Crippen molar-refractivity contribution in [2.45, 2.75) is 51.1 Å². The summed E-state index contributed by atoms with van der Waals surface area (Å²) in [5.41, 5.74) is 3.05. The Kier molecular flexibility index (Phi) is 6.51. The second kappa shape index (κ2) is 9.75. The predicted molar refractivity (Wildman–Crippen MR) is 132 cm³/mol. The second-order valence-corrected chi connectivity index (χ2v) is 9.33. The van der Waals surface area contributed by atoms with Crippen LogP contribution in [0.25, 0.3) is 11.9 Å². The van der Waals surface area contributed by atoms with Crippen LogP contribution in [0.4, 0.5) is 24.8 Å². The molecule has 0 atom stereocenters. The molecule has 7 nitrogen and oxygen atoms in total. The molecule has 1 aromatic carbocycles. The highest BCUT2D eigenvalue weighted by Crippen LogP contribution is 2.43. The van der Waals surface area contributed by atoms with Crippen LogP contribution >= 0.6 is 0 Å². The van der Waals surface area contributed by atoms with E-state index in [-0.39, 0.29) is 31.1 Å². The van der Waals surface area contributed by atoms with Crippen molar-refractivity contribution in [3.8, 4) is 5.69 Å². The van der Waals surface area contributed by atoms with E-state index in [1.807, 2.05) is 43.3 Å². The average Bonchev–Trinajstić information content (AvgIpc) is 3.40. The third-order valence-corrected chi connectivity index (χ3v) is 6.82. The van der Waals surface area contributed by atoms with Gasteiger partial charge >= 0.3 is 6.18 Å². The Morgan fingerprint density at radius 3 is 2.61 bits per heavy atom. The van der Waals surface area contributed by atoms with Gasteiger partial charge in [0.1, 0.15) is 5.82 Å². The maximum Gasteiger partial charge on any atom is 0.391 e. The lowest BCUT2D eigenvalue weighted by molar-refractivity contribution is -0.182. The van der Waals surface area contributed by atoms with Gasteiger partial charge in [0.05, 0.1) is 35.6 Å². The standard InChI is InChI=1S/C26H27F3N6O/c1-17-4-10-20(11-5-17)35-24(14-22(33-35)18-6-8-19(9-7-18)26(27,28)29)31-16-23(36)21-15-32-34-13-3-2-12-30-25(21)34/h3-5,10-15,18-19,31H,2,6-9,16H2,1H3.